The molecule has 0 aliphatic carbocycles. The van der Waals surface area contributed by atoms with E-state index in [9.17, 15) is 0 Å². The summed E-state index contributed by atoms with van der Waals surface area (Å²) in [6.45, 7) is 0.582. The van der Waals surface area contributed by atoms with Gasteiger partial charge in [-0.3, -0.25) is 4.98 Å². The summed E-state index contributed by atoms with van der Waals surface area (Å²) in [6.07, 6.45) is 5.41. The van der Waals surface area contributed by atoms with Gasteiger partial charge in [0.25, 0.3) is 0 Å². The van der Waals surface area contributed by atoms with Crippen LogP contribution in [-0.2, 0) is 6.42 Å². The highest BCUT2D eigenvalue weighted by molar-refractivity contribution is 7.80. The van der Waals surface area contributed by atoms with E-state index < -0.39 is 0 Å². The van der Waals surface area contributed by atoms with Gasteiger partial charge < -0.3 is 10.5 Å². The normalized spacial score (nSPS) is 10.2. The van der Waals surface area contributed by atoms with E-state index in [2.05, 4.69) is 4.98 Å². The van der Waals surface area contributed by atoms with Crippen molar-refractivity contribution in [2.45, 2.75) is 12.8 Å². The summed E-state index contributed by atoms with van der Waals surface area (Å²) in [5.41, 5.74) is 7.62. The first kappa shape index (κ1) is 14.8. The second-order valence-electron chi connectivity index (χ2n) is 4.31. The van der Waals surface area contributed by atoms with Gasteiger partial charge in [0.1, 0.15) is 10.7 Å². The van der Waals surface area contributed by atoms with Crippen molar-refractivity contribution >= 4 is 28.8 Å². The molecule has 0 saturated carbocycles. The summed E-state index contributed by atoms with van der Waals surface area (Å²) in [6, 6.07) is 9.27. The Bertz CT molecular complexity index is 590. The Balaban J connectivity index is 1.91. The molecule has 1 aromatic heterocycles. The number of pyridine rings is 1. The van der Waals surface area contributed by atoms with Crippen LogP contribution in [0.3, 0.4) is 0 Å². The molecule has 5 heteroatoms. The van der Waals surface area contributed by atoms with Crippen molar-refractivity contribution in [3.63, 3.8) is 0 Å². The van der Waals surface area contributed by atoms with Crippen LogP contribution in [0.15, 0.2) is 42.7 Å². The van der Waals surface area contributed by atoms with Gasteiger partial charge in [-0.05, 0) is 48.7 Å². The second-order valence-corrected chi connectivity index (χ2v) is 5.19. The van der Waals surface area contributed by atoms with Crippen molar-refractivity contribution in [3.8, 4) is 5.75 Å². The summed E-state index contributed by atoms with van der Waals surface area (Å²) in [5, 5.41) is 0.606. The summed E-state index contributed by atoms with van der Waals surface area (Å²) in [7, 11) is 0. The minimum absolute atomic E-state index is 0.311. The topological polar surface area (TPSA) is 48.1 Å². The van der Waals surface area contributed by atoms with Crippen molar-refractivity contribution in [2.75, 3.05) is 6.61 Å². The van der Waals surface area contributed by atoms with E-state index in [1.165, 1.54) is 5.56 Å². The number of halogens is 1. The van der Waals surface area contributed by atoms with Crippen LogP contribution in [0.4, 0.5) is 0 Å². The van der Waals surface area contributed by atoms with Gasteiger partial charge in [-0.25, -0.2) is 0 Å². The molecule has 0 aliphatic rings. The molecule has 1 aromatic carbocycles. The van der Waals surface area contributed by atoms with Gasteiger partial charge in [-0.15, -0.1) is 0 Å². The number of rotatable bonds is 6. The molecular formula is C15H15ClN2OS. The Labute approximate surface area is 128 Å². The third kappa shape index (κ3) is 4.18. The van der Waals surface area contributed by atoms with E-state index in [0.717, 1.165) is 12.8 Å². The monoisotopic (exact) mass is 306 g/mol. The van der Waals surface area contributed by atoms with Gasteiger partial charge >= 0.3 is 0 Å². The van der Waals surface area contributed by atoms with Crippen molar-refractivity contribution in [1.82, 2.24) is 4.98 Å². The van der Waals surface area contributed by atoms with Crippen LogP contribution in [0.25, 0.3) is 0 Å². The molecule has 1 heterocycles. The molecule has 20 heavy (non-hydrogen) atoms. The summed E-state index contributed by atoms with van der Waals surface area (Å²) >= 11 is 11.0. The van der Waals surface area contributed by atoms with Crippen LogP contribution in [0.5, 0.6) is 5.75 Å². The molecule has 0 saturated heterocycles. The highest BCUT2D eigenvalue weighted by Crippen LogP contribution is 2.23. The molecule has 2 N–H and O–H groups in total. The molecule has 2 aromatic rings. The lowest BCUT2D eigenvalue weighted by Crippen LogP contribution is -2.12. The third-order valence-corrected chi connectivity index (χ3v) is 3.28. The van der Waals surface area contributed by atoms with Crippen LogP contribution in [0.1, 0.15) is 17.5 Å². The lowest BCUT2D eigenvalue weighted by Gasteiger charge is -2.11. The zero-order valence-electron chi connectivity index (χ0n) is 10.9. The van der Waals surface area contributed by atoms with Gasteiger partial charge in [0, 0.05) is 17.4 Å². The maximum Gasteiger partial charge on any atom is 0.130 e. The number of benzene rings is 1. The molecule has 0 bridgehead atoms. The smallest absolute Gasteiger partial charge is 0.130 e. The lowest BCUT2D eigenvalue weighted by atomic mass is 10.1. The summed E-state index contributed by atoms with van der Waals surface area (Å²) < 4.78 is 5.73. The van der Waals surface area contributed by atoms with E-state index in [1.807, 2.05) is 12.1 Å². The standard InChI is InChI=1S/C15H15ClN2OS/c16-12-3-4-13(15(17)20)14(10-12)19-9-1-2-11-5-7-18-8-6-11/h3-8,10H,1-2,9H2,(H2,17,20). The quantitative estimate of drug-likeness (QED) is 0.656. The molecule has 0 aliphatic heterocycles. The maximum atomic E-state index is 5.96. The summed E-state index contributed by atoms with van der Waals surface area (Å²) in [5.74, 6) is 0.639. The van der Waals surface area contributed by atoms with Gasteiger partial charge in [-0.1, -0.05) is 23.8 Å². The number of thiocarbonyl (C=S) groups is 1. The molecular weight excluding hydrogens is 292 g/mol. The maximum absolute atomic E-state index is 5.96. The van der Waals surface area contributed by atoms with Crippen LogP contribution >= 0.6 is 23.8 Å². The molecule has 0 fully saturated rings. The molecule has 0 radical (unpaired) electrons. The predicted molar refractivity (Wildman–Crippen MR) is 85.4 cm³/mol. The summed E-state index contributed by atoms with van der Waals surface area (Å²) in [4.78, 5) is 4.30. The number of ether oxygens (including phenoxy) is 1. The minimum atomic E-state index is 0.311. The minimum Gasteiger partial charge on any atom is -0.493 e. The Kier molecular flexibility index (Phi) is 5.32. The van der Waals surface area contributed by atoms with E-state index >= 15 is 0 Å². The molecule has 104 valence electrons. The first-order chi connectivity index (χ1) is 9.66. The van der Waals surface area contributed by atoms with Gasteiger partial charge in [-0.2, -0.15) is 0 Å². The largest absolute Gasteiger partial charge is 0.493 e. The fourth-order valence-electron chi connectivity index (χ4n) is 1.83. The number of nitrogens with two attached hydrogens (primary N) is 1. The fraction of sp³-hybridized carbons (Fsp3) is 0.200. The first-order valence-corrected chi connectivity index (χ1v) is 7.06. The van der Waals surface area contributed by atoms with E-state index in [4.69, 9.17) is 34.3 Å². The van der Waals surface area contributed by atoms with Crippen LogP contribution in [0, 0.1) is 0 Å². The average Bonchev–Trinajstić information content (AvgIpc) is 2.44. The molecule has 0 spiro atoms. The van der Waals surface area contributed by atoms with Crippen molar-refractivity contribution in [1.29, 1.82) is 0 Å². The SMILES string of the molecule is NC(=S)c1ccc(Cl)cc1OCCCc1ccncc1. The Morgan fingerprint density at radius 2 is 2.00 bits per heavy atom. The number of aryl methyl sites for hydroxylation is 1. The van der Waals surface area contributed by atoms with Crippen LogP contribution in [0.2, 0.25) is 5.02 Å². The van der Waals surface area contributed by atoms with Gasteiger partial charge in [0.2, 0.25) is 0 Å². The molecule has 0 unspecified atom stereocenters. The second kappa shape index (κ2) is 7.22. The Morgan fingerprint density at radius 1 is 1.25 bits per heavy atom. The molecule has 0 amide bonds. The highest BCUT2D eigenvalue weighted by atomic mass is 35.5. The average molecular weight is 307 g/mol. The number of hydrogen-bond donors (Lipinski definition) is 1. The molecule has 2 rings (SSSR count). The first-order valence-electron chi connectivity index (χ1n) is 6.28. The zero-order chi connectivity index (χ0) is 14.4. The van der Waals surface area contributed by atoms with Crippen molar-refractivity contribution in [2.24, 2.45) is 5.73 Å². The van der Waals surface area contributed by atoms with E-state index in [0.29, 0.717) is 27.9 Å². The van der Waals surface area contributed by atoms with Crippen LogP contribution in [-0.4, -0.2) is 16.6 Å². The molecule has 0 atom stereocenters. The van der Waals surface area contributed by atoms with Crippen molar-refractivity contribution in [3.05, 3.63) is 58.9 Å². The Hall–Kier alpha value is -1.65. The number of aromatic nitrogens is 1. The highest BCUT2D eigenvalue weighted by Gasteiger charge is 2.07. The fourth-order valence-corrected chi connectivity index (χ4v) is 2.16. The predicted octanol–water partition coefficient (Wildman–Crippen LogP) is 3.38. The van der Waals surface area contributed by atoms with Crippen molar-refractivity contribution < 1.29 is 4.74 Å². The van der Waals surface area contributed by atoms with Gasteiger partial charge in [0.15, 0.2) is 0 Å². The zero-order valence-corrected chi connectivity index (χ0v) is 12.5. The Morgan fingerprint density at radius 3 is 2.70 bits per heavy atom. The van der Waals surface area contributed by atoms with E-state index in [-0.39, 0.29) is 0 Å². The number of hydrogen-bond acceptors (Lipinski definition) is 3. The lowest BCUT2D eigenvalue weighted by molar-refractivity contribution is 0.310. The third-order valence-electron chi connectivity index (χ3n) is 2.83. The van der Waals surface area contributed by atoms with E-state index in [1.54, 1.807) is 30.6 Å². The van der Waals surface area contributed by atoms with Gasteiger partial charge in [0.05, 0.1) is 12.2 Å². The number of nitrogens with zero attached hydrogens (tertiary/aromatic N) is 1. The van der Waals surface area contributed by atoms with Crippen LogP contribution < -0.4 is 10.5 Å². The molecule has 3 nitrogen and oxygen atoms in total.